The number of guanidine groups is 1. The first kappa shape index (κ1) is 26.1. The first-order valence-electron chi connectivity index (χ1n) is 10.5. The number of hydrogen-bond donors (Lipinski definition) is 1. The van der Waals surface area contributed by atoms with Crippen LogP contribution in [-0.4, -0.2) is 81.9 Å². The second kappa shape index (κ2) is 12.8. The van der Waals surface area contributed by atoms with Crippen LogP contribution in [0.1, 0.15) is 30.1 Å². The van der Waals surface area contributed by atoms with Crippen LogP contribution >= 0.6 is 24.0 Å². The van der Waals surface area contributed by atoms with Crippen molar-refractivity contribution in [3.63, 3.8) is 0 Å². The number of aliphatic imine (C=N–C) groups is 1. The lowest BCUT2D eigenvalue weighted by molar-refractivity contribution is -0.137. The monoisotopic (exact) mass is 556 g/mol. The van der Waals surface area contributed by atoms with E-state index in [-0.39, 0.29) is 24.0 Å². The number of benzene rings is 1. The van der Waals surface area contributed by atoms with Crippen LogP contribution in [0.2, 0.25) is 0 Å². The first-order valence-corrected chi connectivity index (χ1v) is 10.5. The van der Waals surface area contributed by atoms with Gasteiger partial charge in [-0.3, -0.25) is 9.89 Å². The second-order valence-corrected chi connectivity index (χ2v) is 7.56. The van der Waals surface area contributed by atoms with Crippen LogP contribution < -0.4 is 5.32 Å². The summed E-state index contributed by atoms with van der Waals surface area (Å²) >= 11 is 0. The van der Waals surface area contributed by atoms with Crippen molar-refractivity contribution in [2.24, 2.45) is 4.99 Å². The van der Waals surface area contributed by atoms with Crippen molar-refractivity contribution in [1.29, 1.82) is 0 Å². The predicted molar refractivity (Wildman–Crippen MR) is 125 cm³/mol. The fraction of sp³-hybridized carbons (Fsp3) is 0.667. The van der Waals surface area contributed by atoms with Gasteiger partial charge in [0.1, 0.15) is 6.10 Å². The van der Waals surface area contributed by atoms with Crippen LogP contribution in [0.15, 0.2) is 29.3 Å². The van der Waals surface area contributed by atoms with Gasteiger partial charge in [-0.25, -0.2) is 0 Å². The van der Waals surface area contributed by atoms with Crippen molar-refractivity contribution in [3.05, 3.63) is 35.4 Å². The van der Waals surface area contributed by atoms with Crippen LogP contribution in [0.3, 0.4) is 0 Å². The molecule has 1 aromatic rings. The van der Waals surface area contributed by atoms with E-state index in [0.717, 1.165) is 64.3 Å². The highest BCUT2D eigenvalue weighted by Crippen LogP contribution is 2.32. The molecule has 0 radical (unpaired) electrons. The molecule has 0 bridgehead atoms. The zero-order valence-electron chi connectivity index (χ0n) is 17.9. The molecule has 2 heterocycles. The van der Waals surface area contributed by atoms with E-state index in [1.807, 2.05) is 0 Å². The highest BCUT2D eigenvalue weighted by Gasteiger charge is 2.32. The molecule has 3 rings (SSSR count). The Balaban J connectivity index is 0.00000341. The van der Waals surface area contributed by atoms with Gasteiger partial charge in [-0.15, -0.1) is 24.0 Å². The average Bonchev–Trinajstić information content (AvgIpc) is 2.76. The number of unbranched alkanes of at least 4 members (excludes halogenated alkanes) is 1. The normalized spacial score (nSPS) is 21.0. The molecule has 2 aliphatic rings. The Hall–Kier alpha value is -1.11. The van der Waals surface area contributed by atoms with Crippen molar-refractivity contribution in [2.45, 2.75) is 25.1 Å². The van der Waals surface area contributed by atoms with E-state index in [4.69, 9.17) is 9.47 Å². The van der Waals surface area contributed by atoms with E-state index >= 15 is 0 Å². The van der Waals surface area contributed by atoms with Crippen LogP contribution in [0, 0.1) is 0 Å². The number of nitrogens with zero attached hydrogens (tertiary/aromatic N) is 3. The minimum Gasteiger partial charge on any atom is -0.379 e. The maximum atomic E-state index is 13.0. The summed E-state index contributed by atoms with van der Waals surface area (Å²) in [5.74, 6) is 0.765. The third kappa shape index (κ3) is 8.07. The lowest BCUT2D eigenvalue weighted by Gasteiger charge is -2.35. The number of hydrogen-bond acceptors (Lipinski definition) is 4. The molecule has 2 fully saturated rings. The van der Waals surface area contributed by atoms with E-state index in [1.54, 1.807) is 13.1 Å². The Bertz CT molecular complexity index is 699. The summed E-state index contributed by atoms with van der Waals surface area (Å²) in [4.78, 5) is 8.82. The highest BCUT2D eigenvalue weighted by atomic mass is 127. The van der Waals surface area contributed by atoms with Crippen molar-refractivity contribution in [3.8, 4) is 0 Å². The summed E-state index contributed by atoms with van der Waals surface area (Å²) in [6.45, 7) is 7.07. The zero-order chi connectivity index (χ0) is 21.4. The molecule has 0 saturated carbocycles. The van der Waals surface area contributed by atoms with Gasteiger partial charge in [-0.2, -0.15) is 13.2 Å². The van der Waals surface area contributed by atoms with Crippen molar-refractivity contribution >= 4 is 29.9 Å². The lowest BCUT2D eigenvalue weighted by atomic mass is 10.0. The molecule has 0 spiro atoms. The average molecular weight is 556 g/mol. The van der Waals surface area contributed by atoms with Crippen LogP contribution in [0.25, 0.3) is 0 Å². The van der Waals surface area contributed by atoms with Gasteiger partial charge in [-0.1, -0.05) is 12.1 Å². The molecule has 2 saturated heterocycles. The minimum atomic E-state index is -4.36. The summed E-state index contributed by atoms with van der Waals surface area (Å²) in [6, 6.07) is 5.38. The molecule has 1 atom stereocenters. The zero-order valence-corrected chi connectivity index (χ0v) is 20.2. The summed E-state index contributed by atoms with van der Waals surface area (Å²) in [7, 11) is 1.73. The van der Waals surface area contributed by atoms with Gasteiger partial charge >= 0.3 is 6.18 Å². The van der Waals surface area contributed by atoms with Crippen LogP contribution in [0.4, 0.5) is 13.2 Å². The molecule has 31 heavy (non-hydrogen) atoms. The van der Waals surface area contributed by atoms with Crippen molar-refractivity contribution in [2.75, 3.05) is 66.1 Å². The summed E-state index contributed by atoms with van der Waals surface area (Å²) < 4.78 is 50.2. The van der Waals surface area contributed by atoms with Crippen molar-refractivity contribution in [1.82, 2.24) is 15.1 Å². The number of alkyl halides is 3. The Morgan fingerprint density at radius 2 is 1.94 bits per heavy atom. The molecule has 1 N–H and O–H groups in total. The van der Waals surface area contributed by atoms with E-state index in [2.05, 4.69) is 20.1 Å². The number of ether oxygens (including phenoxy) is 2. The SMILES string of the molecule is CN=C(NCCCCN1CCOCC1)N1CCOC(c2cccc(C(F)(F)F)c2)C1.I. The Kier molecular flexibility index (Phi) is 10.8. The van der Waals surface area contributed by atoms with E-state index in [0.29, 0.717) is 25.3 Å². The number of halogens is 4. The molecular weight excluding hydrogens is 524 g/mol. The van der Waals surface area contributed by atoms with Gasteiger partial charge in [0.2, 0.25) is 0 Å². The third-order valence-electron chi connectivity index (χ3n) is 5.45. The fourth-order valence-corrected chi connectivity index (χ4v) is 3.78. The molecule has 0 aromatic heterocycles. The molecular formula is C21H32F3IN4O2. The third-order valence-corrected chi connectivity index (χ3v) is 5.45. The summed E-state index contributed by atoms with van der Waals surface area (Å²) in [6.07, 6.45) is -2.65. The molecule has 2 aliphatic heterocycles. The summed E-state index contributed by atoms with van der Waals surface area (Å²) in [5, 5.41) is 3.38. The molecule has 10 heteroatoms. The Morgan fingerprint density at radius 1 is 1.16 bits per heavy atom. The molecule has 176 valence electrons. The number of morpholine rings is 2. The first-order chi connectivity index (χ1) is 14.5. The minimum absolute atomic E-state index is 0. The van der Waals surface area contributed by atoms with Gasteiger partial charge < -0.3 is 19.7 Å². The molecule has 0 aliphatic carbocycles. The fourth-order valence-electron chi connectivity index (χ4n) is 3.78. The number of nitrogens with one attached hydrogen (secondary N) is 1. The topological polar surface area (TPSA) is 49.3 Å². The van der Waals surface area contributed by atoms with Crippen LogP contribution in [0.5, 0.6) is 0 Å². The quantitative estimate of drug-likeness (QED) is 0.252. The maximum Gasteiger partial charge on any atom is 0.416 e. The predicted octanol–water partition coefficient (Wildman–Crippen LogP) is 3.38. The molecule has 1 aromatic carbocycles. The van der Waals surface area contributed by atoms with Gasteiger partial charge in [0.25, 0.3) is 0 Å². The van der Waals surface area contributed by atoms with Gasteiger partial charge in [0, 0.05) is 33.2 Å². The maximum absolute atomic E-state index is 13.0. The largest absolute Gasteiger partial charge is 0.416 e. The Morgan fingerprint density at radius 3 is 2.65 bits per heavy atom. The van der Waals surface area contributed by atoms with E-state index in [9.17, 15) is 13.2 Å². The number of rotatable bonds is 6. The van der Waals surface area contributed by atoms with Gasteiger partial charge in [0.15, 0.2) is 5.96 Å². The Labute approximate surface area is 199 Å². The van der Waals surface area contributed by atoms with Gasteiger partial charge in [-0.05, 0) is 37.1 Å². The molecule has 0 amide bonds. The van der Waals surface area contributed by atoms with Crippen molar-refractivity contribution < 1.29 is 22.6 Å². The molecule has 1 unspecified atom stereocenters. The smallest absolute Gasteiger partial charge is 0.379 e. The standard InChI is InChI=1S/C21H31F3N4O2.HI/c1-25-20(26-7-2-3-8-27-9-12-29-13-10-27)28-11-14-30-19(16-28)17-5-4-6-18(15-17)21(22,23)24;/h4-6,15,19H,2-3,7-14,16H2,1H3,(H,25,26);1H. The van der Waals surface area contributed by atoms with E-state index in [1.165, 1.54) is 12.1 Å². The van der Waals surface area contributed by atoms with E-state index < -0.39 is 17.8 Å². The lowest BCUT2D eigenvalue weighted by Crippen LogP contribution is -2.48. The van der Waals surface area contributed by atoms with Crippen LogP contribution in [-0.2, 0) is 15.7 Å². The highest BCUT2D eigenvalue weighted by molar-refractivity contribution is 14.0. The second-order valence-electron chi connectivity index (χ2n) is 7.56. The molecule has 6 nitrogen and oxygen atoms in total. The summed E-state index contributed by atoms with van der Waals surface area (Å²) in [5.41, 5.74) is -0.112. The van der Waals surface area contributed by atoms with Gasteiger partial charge in [0.05, 0.1) is 31.9 Å².